The fraction of sp³-hybridized carbons (Fsp3) is 0.0667. The van der Waals surface area contributed by atoms with Crippen molar-refractivity contribution in [2.45, 2.75) is 11.8 Å². The summed E-state index contributed by atoms with van der Waals surface area (Å²) < 4.78 is 27.8. The van der Waals surface area contributed by atoms with Crippen molar-refractivity contribution in [1.29, 1.82) is 0 Å². The van der Waals surface area contributed by atoms with Gasteiger partial charge in [-0.1, -0.05) is 40.2 Å². The van der Waals surface area contributed by atoms with Crippen molar-refractivity contribution in [3.8, 4) is 0 Å². The summed E-state index contributed by atoms with van der Waals surface area (Å²) >= 11 is 3.38. The number of aromatic nitrogens is 1. The Labute approximate surface area is 126 Å². The molecule has 0 N–H and O–H groups in total. The van der Waals surface area contributed by atoms with Gasteiger partial charge >= 0.3 is 0 Å². The van der Waals surface area contributed by atoms with Gasteiger partial charge in [-0.2, -0.15) is 0 Å². The lowest BCUT2D eigenvalue weighted by atomic mass is 10.2. The van der Waals surface area contributed by atoms with Crippen LogP contribution in [-0.4, -0.2) is 12.4 Å². The highest BCUT2D eigenvalue weighted by atomic mass is 79.9. The first-order valence-corrected chi connectivity index (χ1v) is 8.31. The summed E-state index contributed by atoms with van der Waals surface area (Å²) in [6.07, 6.45) is 1.60. The van der Waals surface area contributed by atoms with Crippen molar-refractivity contribution < 1.29 is 8.42 Å². The van der Waals surface area contributed by atoms with Crippen LogP contribution in [0.15, 0.2) is 64.1 Å². The lowest BCUT2D eigenvalue weighted by Gasteiger charge is -2.10. The molecule has 102 valence electrons. The van der Waals surface area contributed by atoms with Gasteiger partial charge in [-0.3, -0.25) is 0 Å². The average molecular weight is 350 g/mol. The molecule has 0 saturated heterocycles. The molecular formula is C15H12BrNO2S. The van der Waals surface area contributed by atoms with E-state index in [4.69, 9.17) is 0 Å². The largest absolute Gasteiger partial charge is 0.268 e. The van der Waals surface area contributed by atoms with E-state index < -0.39 is 10.0 Å². The molecule has 3 aromatic rings. The molecule has 0 saturated carbocycles. The molecule has 0 bridgehead atoms. The Hall–Kier alpha value is -1.59. The van der Waals surface area contributed by atoms with Crippen molar-refractivity contribution in [1.82, 2.24) is 3.97 Å². The Morgan fingerprint density at radius 3 is 2.55 bits per heavy atom. The summed E-state index contributed by atoms with van der Waals surface area (Å²) in [6, 6.07) is 14.4. The number of aryl methyl sites for hydroxylation is 1. The zero-order valence-corrected chi connectivity index (χ0v) is 13.1. The number of rotatable bonds is 2. The van der Waals surface area contributed by atoms with Crippen LogP contribution in [0.3, 0.4) is 0 Å². The third-order valence-electron chi connectivity index (χ3n) is 3.25. The van der Waals surface area contributed by atoms with E-state index in [1.54, 1.807) is 37.4 Å². The van der Waals surface area contributed by atoms with Crippen molar-refractivity contribution >= 4 is 36.9 Å². The maximum Gasteiger partial charge on any atom is 0.268 e. The highest BCUT2D eigenvalue weighted by molar-refractivity contribution is 9.10. The number of benzene rings is 2. The Morgan fingerprint density at radius 2 is 1.80 bits per heavy atom. The summed E-state index contributed by atoms with van der Waals surface area (Å²) in [7, 11) is -3.57. The SMILES string of the molecule is Cc1ccccc1S(=O)(=O)n1ccc2ccc(Br)cc21. The standard InChI is InChI=1S/C15H12BrNO2S/c1-11-4-2-3-5-15(11)20(18,19)17-9-8-12-6-7-13(16)10-14(12)17/h2-10H,1H3. The van der Waals surface area contributed by atoms with Crippen molar-refractivity contribution in [3.63, 3.8) is 0 Å². The quantitative estimate of drug-likeness (QED) is 0.702. The molecule has 0 aliphatic rings. The molecule has 0 amide bonds. The topological polar surface area (TPSA) is 39.1 Å². The van der Waals surface area contributed by atoms with Gasteiger partial charge in [0.2, 0.25) is 0 Å². The Bertz CT molecular complexity index is 897. The van der Waals surface area contributed by atoms with Gasteiger partial charge < -0.3 is 0 Å². The first kappa shape index (κ1) is 13.4. The van der Waals surface area contributed by atoms with Crippen LogP contribution in [-0.2, 0) is 10.0 Å². The Kier molecular flexibility index (Phi) is 3.18. The van der Waals surface area contributed by atoms with Crippen molar-refractivity contribution in [3.05, 3.63) is 64.8 Å². The molecule has 2 aromatic carbocycles. The van der Waals surface area contributed by atoms with Crippen molar-refractivity contribution in [2.24, 2.45) is 0 Å². The highest BCUT2D eigenvalue weighted by Crippen LogP contribution is 2.26. The van der Waals surface area contributed by atoms with Gasteiger partial charge in [-0.15, -0.1) is 0 Å². The average Bonchev–Trinajstić information content (AvgIpc) is 2.82. The fourth-order valence-electron chi connectivity index (χ4n) is 2.24. The molecule has 1 heterocycles. The first-order chi connectivity index (χ1) is 9.50. The molecule has 1 aromatic heterocycles. The molecule has 0 radical (unpaired) electrons. The monoisotopic (exact) mass is 349 g/mol. The maximum absolute atomic E-state index is 12.8. The number of halogens is 1. The van der Waals surface area contributed by atoms with E-state index in [1.165, 1.54) is 3.97 Å². The highest BCUT2D eigenvalue weighted by Gasteiger charge is 2.20. The number of nitrogens with zero attached hydrogens (tertiary/aromatic N) is 1. The smallest absolute Gasteiger partial charge is 0.241 e. The second kappa shape index (κ2) is 4.75. The van der Waals surface area contributed by atoms with Crippen LogP contribution in [0, 0.1) is 6.92 Å². The molecule has 5 heteroatoms. The molecule has 0 aliphatic carbocycles. The van der Waals surface area contributed by atoms with Gasteiger partial charge in [0, 0.05) is 16.1 Å². The van der Waals surface area contributed by atoms with Gasteiger partial charge in [-0.05, 0) is 36.8 Å². The molecular weight excluding hydrogens is 338 g/mol. The van der Waals surface area contributed by atoms with Gasteiger partial charge in [0.15, 0.2) is 0 Å². The van der Waals surface area contributed by atoms with E-state index in [1.807, 2.05) is 24.3 Å². The second-order valence-electron chi connectivity index (χ2n) is 4.59. The molecule has 0 atom stereocenters. The maximum atomic E-state index is 12.8. The zero-order chi connectivity index (χ0) is 14.3. The summed E-state index contributed by atoms with van der Waals surface area (Å²) in [5, 5.41) is 0.894. The van der Waals surface area contributed by atoms with Crippen LogP contribution in [0.1, 0.15) is 5.56 Å². The summed E-state index contributed by atoms with van der Waals surface area (Å²) in [4.78, 5) is 0.331. The fourth-order valence-corrected chi connectivity index (χ4v) is 4.16. The van der Waals surface area contributed by atoms with Gasteiger partial charge in [0.05, 0.1) is 10.4 Å². The molecule has 0 aliphatic heterocycles. The van der Waals surface area contributed by atoms with Crippen LogP contribution < -0.4 is 0 Å². The van der Waals surface area contributed by atoms with E-state index in [0.717, 1.165) is 15.4 Å². The van der Waals surface area contributed by atoms with E-state index in [2.05, 4.69) is 15.9 Å². The van der Waals surface area contributed by atoms with E-state index in [-0.39, 0.29) is 0 Å². The zero-order valence-electron chi connectivity index (χ0n) is 10.7. The summed E-state index contributed by atoms with van der Waals surface area (Å²) in [5.74, 6) is 0. The first-order valence-electron chi connectivity index (χ1n) is 6.08. The molecule has 0 unspecified atom stereocenters. The van der Waals surface area contributed by atoms with Gasteiger partial charge in [-0.25, -0.2) is 12.4 Å². The Balaban J connectivity index is 2.30. The Morgan fingerprint density at radius 1 is 1.05 bits per heavy atom. The molecule has 3 rings (SSSR count). The van der Waals surface area contributed by atoms with Crippen LogP contribution in [0.25, 0.3) is 10.9 Å². The third-order valence-corrected chi connectivity index (χ3v) is 5.59. The van der Waals surface area contributed by atoms with Crippen LogP contribution >= 0.6 is 15.9 Å². The summed E-state index contributed by atoms with van der Waals surface area (Å²) in [6.45, 7) is 1.80. The minimum atomic E-state index is -3.57. The second-order valence-corrected chi connectivity index (χ2v) is 7.28. The van der Waals surface area contributed by atoms with Crippen LogP contribution in [0.2, 0.25) is 0 Å². The minimum absolute atomic E-state index is 0.331. The summed E-state index contributed by atoms with van der Waals surface area (Å²) in [5.41, 5.74) is 1.41. The third kappa shape index (κ3) is 2.07. The number of hydrogen-bond donors (Lipinski definition) is 0. The normalized spacial score (nSPS) is 11.9. The molecule has 0 fully saturated rings. The number of fused-ring (bicyclic) bond motifs is 1. The number of hydrogen-bond acceptors (Lipinski definition) is 2. The van der Waals surface area contributed by atoms with E-state index in [0.29, 0.717) is 10.4 Å². The van der Waals surface area contributed by atoms with Gasteiger partial charge in [0.25, 0.3) is 10.0 Å². The predicted octanol–water partition coefficient (Wildman–Crippen LogP) is 3.95. The van der Waals surface area contributed by atoms with E-state index in [9.17, 15) is 8.42 Å². The lowest BCUT2D eigenvalue weighted by Crippen LogP contribution is -2.13. The van der Waals surface area contributed by atoms with Gasteiger partial charge in [0.1, 0.15) is 0 Å². The van der Waals surface area contributed by atoms with Crippen LogP contribution in [0.4, 0.5) is 0 Å². The molecule has 20 heavy (non-hydrogen) atoms. The van der Waals surface area contributed by atoms with Crippen LogP contribution in [0.5, 0.6) is 0 Å². The van der Waals surface area contributed by atoms with Crippen molar-refractivity contribution in [2.75, 3.05) is 0 Å². The molecule has 3 nitrogen and oxygen atoms in total. The predicted molar refractivity (Wildman–Crippen MR) is 83.4 cm³/mol. The molecule has 0 spiro atoms. The lowest BCUT2D eigenvalue weighted by molar-refractivity contribution is 0.588. The van der Waals surface area contributed by atoms with E-state index >= 15 is 0 Å². The minimum Gasteiger partial charge on any atom is -0.241 e.